The van der Waals surface area contributed by atoms with Gasteiger partial charge in [-0.2, -0.15) is 0 Å². The van der Waals surface area contributed by atoms with E-state index in [1.165, 1.54) is 6.42 Å². The number of carbonyl (C=O) groups is 1. The second-order valence-electron chi connectivity index (χ2n) is 6.08. The van der Waals surface area contributed by atoms with Crippen LogP contribution in [-0.4, -0.2) is 22.4 Å². The van der Waals surface area contributed by atoms with E-state index >= 15 is 0 Å². The van der Waals surface area contributed by atoms with Gasteiger partial charge in [0.1, 0.15) is 6.17 Å². The highest BCUT2D eigenvalue weighted by atomic mass is 35.5. The Bertz CT molecular complexity index is 529. The van der Waals surface area contributed by atoms with Crippen LogP contribution in [0.1, 0.15) is 51.3 Å². The molecule has 1 N–H and O–H groups in total. The minimum Gasteiger partial charge on any atom is -0.318 e. The van der Waals surface area contributed by atoms with Crippen LogP contribution in [0.15, 0.2) is 24.3 Å². The number of benzene rings is 1. The lowest BCUT2D eigenvalue weighted by atomic mass is 9.89. The fourth-order valence-electron chi connectivity index (χ4n) is 3.05. The molecule has 1 aromatic carbocycles. The SMILES string of the molecule is CCC1(C)NC(c2cccc(Cl)c2)N(C2CCC2)C1=O. The summed E-state index contributed by atoms with van der Waals surface area (Å²) in [6.07, 6.45) is 4.21. The predicted molar refractivity (Wildman–Crippen MR) is 80.5 cm³/mol. The van der Waals surface area contributed by atoms with Crippen LogP contribution in [0.3, 0.4) is 0 Å². The van der Waals surface area contributed by atoms with Crippen molar-refractivity contribution in [2.75, 3.05) is 0 Å². The molecular formula is C16H21ClN2O. The summed E-state index contributed by atoms with van der Waals surface area (Å²) in [4.78, 5) is 14.8. The molecule has 20 heavy (non-hydrogen) atoms. The van der Waals surface area contributed by atoms with E-state index in [-0.39, 0.29) is 12.1 Å². The first kappa shape index (κ1) is 13.9. The van der Waals surface area contributed by atoms with Crippen LogP contribution in [0.4, 0.5) is 0 Å². The molecule has 0 bridgehead atoms. The Morgan fingerprint density at radius 2 is 2.20 bits per heavy atom. The van der Waals surface area contributed by atoms with E-state index in [1.54, 1.807) is 0 Å². The minimum absolute atomic E-state index is 0.0450. The van der Waals surface area contributed by atoms with E-state index in [0.29, 0.717) is 6.04 Å². The first-order valence-electron chi connectivity index (χ1n) is 7.41. The predicted octanol–water partition coefficient (Wildman–Crippen LogP) is 3.49. The summed E-state index contributed by atoms with van der Waals surface area (Å²) < 4.78 is 0. The van der Waals surface area contributed by atoms with Gasteiger partial charge in [0.05, 0.1) is 5.54 Å². The van der Waals surface area contributed by atoms with Gasteiger partial charge >= 0.3 is 0 Å². The van der Waals surface area contributed by atoms with E-state index in [0.717, 1.165) is 29.8 Å². The molecule has 4 heteroatoms. The molecule has 108 valence electrons. The molecule has 0 spiro atoms. The van der Waals surface area contributed by atoms with E-state index in [2.05, 4.69) is 17.1 Å². The van der Waals surface area contributed by atoms with Gasteiger partial charge in [0.2, 0.25) is 5.91 Å². The van der Waals surface area contributed by atoms with Gasteiger partial charge in [0, 0.05) is 11.1 Å². The molecule has 1 aliphatic heterocycles. The number of carbonyl (C=O) groups excluding carboxylic acids is 1. The summed E-state index contributed by atoms with van der Waals surface area (Å²) >= 11 is 6.11. The molecule has 0 aromatic heterocycles. The van der Waals surface area contributed by atoms with Crippen molar-refractivity contribution in [2.45, 2.75) is 57.3 Å². The molecule has 1 aromatic rings. The Labute approximate surface area is 125 Å². The standard InChI is InChI=1S/C16H21ClN2O/c1-3-16(2)15(20)19(13-8-5-9-13)14(18-16)11-6-4-7-12(17)10-11/h4,6-7,10,13-14,18H,3,5,8-9H2,1-2H3. The smallest absolute Gasteiger partial charge is 0.244 e. The van der Waals surface area contributed by atoms with Crippen LogP contribution in [0.25, 0.3) is 0 Å². The summed E-state index contributed by atoms with van der Waals surface area (Å²) in [5.74, 6) is 0.231. The maximum absolute atomic E-state index is 12.8. The second kappa shape index (κ2) is 5.05. The van der Waals surface area contributed by atoms with Crippen molar-refractivity contribution in [3.05, 3.63) is 34.9 Å². The molecule has 1 aliphatic carbocycles. The van der Waals surface area contributed by atoms with E-state index in [4.69, 9.17) is 11.6 Å². The average molecular weight is 293 g/mol. The van der Waals surface area contributed by atoms with Crippen molar-refractivity contribution in [1.82, 2.24) is 10.2 Å². The Morgan fingerprint density at radius 1 is 1.45 bits per heavy atom. The molecule has 3 rings (SSSR count). The number of nitrogens with zero attached hydrogens (tertiary/aromatic N) is 1. The fourth-order valence-corrected chi connectivity index (χ4v) is 3.25. The van der Waals surface area contributed by atoms with Gasteiger partial charge in [-0.25, -0.2) is 0 Å². The number of nitrogens with one attached hydrogen (secondary N) is 1. The van der Waals surface area contributed by atoms with Crippen LogP contribution in [0.5, 0.6) is 0 Å². The minimum atomic E-state index is -0.456. The van der Waals surface area contributed by atoms with Crippen molar-refractivity contribution in [3.63, 3.8) is 0 Å². The number of rotatable bonds is 3. The zero-order valence-electron chi connectivity index (χ0n) is 12.0. The first-order chi connectivity index (χ1) is 9.55. The Kier molecular flexibility index (Phi) is 3.51. The number of hydrogen-bond acceptors (Lipinski definition) is 2. The van der Waals surface area contributed by atoms with Gasteiger partial charge < -0.3 is 4.90 Å². The van der Waals surface area contributed by atoms with Gasteiger partial charge in [-0.1, -0.05) is 30.7 Å². The lowest BCUT2D eigenvalue weighted by molar-refractivity contribution is -0.136. The van der Waals surface area contributed by atoms with Crippen molar-refractivity contribution < 1.29 is 4.79 Å². The highest BCUT2D eigenvalue weighted by Gasteiger charge is 2.50. The molecule has 3 nitrogen and oxygen atoms in total. The normalized spacial score (nSPS) is 30.6. The monoisotopic (exact) mass is 292 g/mol. The molecule has 1 heterocycles. The van der Waals surface area contributed by atoms with Crippen LogP contribution in [-0.2, 0) is 4.79 Å². The lowest BCUT2D eigenvalue weighted by Crippen LogP contribution is -2.46. The Hall–Kier alpha value is -1.06. The zero-order chi connectivity index (χ0) is 14.3. The van der Waals surface area contributed by atoms with E-state index in [1.807, 2.05) is 31.2 Å². The van der Waals surface area contributed by atoms with Crippen molar-refractivity contribution in [1.29, 1.82) is 0 Å². The number of halogens is 1. The van der Waals surface area contributed by atoms with E-state index in [9.17, 15) is 4.79 Å². The molecule has 2 aliphatic rings. The molecule has 2 unspecified atom stereocenters. The van der Waals surface area contributed by atoms with Crippen molar-refractivity contribution >= 4 is 17.5 Å². The van der Waals surface area contributed by atoms with Gasteiger partial charge in [-0.3, -0.25) is 10.1 Å². The van der Waals surface area contributed by atoms with Crippen molar-refractivity contribution in [2.24, 2.45) is 0 Å². The second-order valence-corrected chi connectivity index (χ2v) is 6.52. The maximum Gasteiger partial charge on any atom is 0.244 e. The summed E-state index contributed by atoms with van der Waals surface area (Å²) in [7, 11) is 0. The fraction of sp³-hybridized carbons (Fsp3) is 0.562. The van der Waals surface area contributed by atoms with Gasteiger partial charge in [0.15, 0.2) is 0 Å². The molecule has 2 fully saturated rings. The topological polar surface area (TPSA) is 32.3 Å². The van der Waals surface area contributed by atoms with Crippen molar-refractivity contribution in [3.8, 4) is 0 Å². The third kappa shape index (κ3) is 2.13. The highest BCUT2D eigenvalue weighted by molar-refractivity contribution is 6.30. The molecule has 1 amide bonds. The first-order valence-corrected chi connectivity index (χ1v) is 7.79. The third-order valence-electron chi connectivity index (χ3n) is 4.78. The number of hydrogen-bond donors (Lipinski definition) is 1. The molecule has 0 radical (unpaired) electrons. The summed E-state index contributed by atoms with van der Waals surface area (Å²) in [6, 6.07) is 8.20. The van der Waals surface area contributed by atoms with Crippen LogP contribution < -0.4 is 5.32 Å². The van der Waals surface area contributed by atoms with Crippen LogP contribution in [0, 0.1) is 0 Å². The van der Waals surface area contributed by atoms with Gasteiger partial charge in [0.25, 0.3) is 0 Å². The quantitative estimate of drug-likeness (QED) is 0.925. The highest BCUT2D eigenvalue weighted by Crippen LogP contribution is 2.39. The number of amides is 1. The third-order valence-corrected chi connectivity index (χ3v) is 5.01. The van der Waals surface area contributed by atoms with Gasteiger partial charge in [-0.05, 0) is 50.3 Å². The molecular weight excluding hydrogens is 272 g/mol. The Morgan fingerprint density at radius 3 is 2.75 bits per heavy atom. The molecule has 2 atom stereocenters. The maximum atomic E-state index is 12.8. The van der Waals surface area contributed by atoms with Crippen LogP contribution >= 0.6 is 11.6 Å². The summed E-state index contributed by atoms with van der Waals surface area (Å²) in [5, 5.41) is 4.25. The zero-order valence-corrected chi connectivity index (χ0v) is 12.8. The summed E-state index contributed by atoms with van der Waals surface area (Å²) in [6.45, 7) is 4.07. The largest absolute Gasteiger partial charge is 0.318 e. The summed E-state index contributed by atoms with van der Waals surface area (Å²) in [5.41, 5.74) is 0.623. The lowest BCUT2D eigenvalue weighted by Gasteiger charge is -2.38. The average Bonchev–Trinajstić information content (AvgIpc) is 2.63. The van der Waals surface area contributed by atoms with Crippen LogP contribution in [0.2, 0.25) is 5.02 Å². The van der Waals surface area contributed by atoms with E-state index < -0.39 is 5.54 Å². The van der Waals surface area contributed by atoms with Gasteiger partial charge in [-0.15, -0.1) is 0 Å². The molecule has 1 saturated heterocycles. The molecule has 1 saturated carbocycles. The Balaban J connectivity index is 1.97.